The Morgan fingerprint density at radius 2 is 1.79 bits per heavy atom. The largest absolute Gasteiger partial charge is 0.378 e. The Bertz CT molecular complexity index is 615. The van der Waals surface area contributed by atoms with Crippen LogP contribution in [0.5, 0.6) is 0 Å². The fraction of sp³-hybridized carbons (Fsp3) is 0.857. The number of fused-ring (bicyclic) bond motifs is 1. The SMILES string of the molecule is O=C1CO[C@H]2CCCN(C(=O)[C@H](CC3CCCCC3)NC(=O)N3CCOCC3)[C@@H]12. The van der Waals surface area contributed by atoms with Gasteiger partial charge in [0.15, 0.2) is 5.78 Å². The molecule has 0 aromatic heterocycles. The summed E-state index contributed by atoms with van der Waals surface area (Å²) in [6, 6.07) is -1.27. The maximum atomic E-state index is 13.5. The number of rotatable bonds is 4. The number of amides is 3. The lowest BCUT2D eigenvalue weighted by Gasteiger charge is -2.39. The smallest absolute Gasteiger partial charge is 0.318 e. The van der Waals surface area contributed by atoms with Crippen molar-refractivity contribution in [1.82, 2.24) is 15.1 Å². The van der Waals surface area contributed by atoms with Gasteiger partial charge >= 0.3 is 6.03 Å². The highest BCUT2D eigenvalue weighted by atomic mass is 16.5. The number of hydrogen-bond acceptors (Lipinski definition) is 5. The molecule has 1 saturated carbocycles. The van der Waals surface area contributed by atoms with E-state index in [1.165, 1.54) is 19.3 Å². The Hall–Kier alpha value is -1.67. The van der Waals surface area contributed by atoms with Crippen molar-refractivity contribution in [2.24, 2.45) is 5.92 Å². The van der Waals surface area contributed by atoms with E-state index in [9.17, 15) is 14.4 Å². The van der Waals surface area contributed by atoms with E-state index in [4.69, 9.17) is 9.47 Å². The second-order valence-corrected chi connectivity index (χ2v) is 8.78. The van der Waals surface area contributed by atoms with E-state index in [0.717, 1.165) is 25.7 Å². The molecule has 3 amide bonds. The number of nitrogens with one attached hydrogen (secondary N) is 1. The van der Waals surface area contributed by atoms with Crippen molar-refractivity contribution in [3.8, 4) is 0 Å². The maximum absolute atomic E-state index is 13.5. The summed E-state index contributed by atoms with van der Waals surface area (Å²) in [5.74, 6) is 0.309. The van der Waals surface area contributed by atoms with E-state index in [2.05, 4.69) is 5.32 Å². The van der Waals surface area contributed by atoms with Crippen molar-refractivity contribution in [1.29, 1.82) is 0 Å². The third-order valence-corrected chi connectivity index (χ3v) is 6.82. The third kappa shape index (κ3) is 4.74. The number of likely N-dealkylation sites (tertiary alicyclic amines) is 1. The predicted octanol–water partition coefficient (Wildman–Crippen LogP) is 1.33. The number of carbonyl (C=O) groups is 3. The molecule has 4 aliphatic rings. The Morgan fingerprint density at radius 3 is 2.55 bits per heavy atom. The second-order valence-electron chi connectivity index (χ2n) is 8.78. The molecule has 0 bridgehead atoms. The molecule has 3 saturated heterocycles. The molecule has 1 aliphatic carbocycles. The molecule has 162 valence electrons. The normalized spacial score (nSPS) is 29.4. The second kappa shape index (κ2) is 9.43. The van der Waals surface area contributed by atoms with E-state index in [0.29, 0.717) is 45.2 Å². The van der Waals surface area contributed by atoms with Gasteiger partial charge in [0.05, 0.1) is 19.3 Å². The van der Waals surface area contributed by atoms with Gasteiger partial charge in [-0.05, 0) is 25.2 Å². The zero-order valence-electron chi connectivity index (χ0n) is 17.1. The van der Waals surface area contributed by atoms with Gasteiger partial charge in [-0.1, -0.05) is 32.1 Å². The minimum Gasteiger partial charge on any atom is -0.378 e. The zero-order valence-corrected chi connectivity index (χ0v) is 17.1. The van der Waals surface area contributed by atoms with Gasteiger partial charge in [-0.2, -0.15) is 0 Å². The van der Waals surface area contributed by atoms with E-state index in [-0.39, 0.29) is 30.4 Å². The van der Waals surface area contributed by atoms with Gasteiger partial charge < -0.3 is 24.6 Å². The summed E-state index contributed by atoms with van der Waals surface area (Å²) < 4.78 is 10.9. The third-order valence-electron chi connectivity index (χ3n) is 6.82. The summed E-state index contributed by atoms with van der Waals surface area (Å²) in [6.07, 6.45) is 7.92. The molecule has 0 aromatic rings. The number of hydrogen-bond donors (Lipinski definition) is 1. The number of morpholine rings is 1. The molecule has 8 nitrogen and oxygen atoms in total. The van der Waals surface area contributed by atoms with E-state index in [1.54, 1.807) is 9.80 Å². The molecule has 3 aliphatic heterocycles. The molecule has 1 N–H and O–H groups in total. The van der Waals surface area contributed by atoms with Crippen LogP contribution >= 0.6 is 0 Å². The first-order valence-electron chi connectivity index (χ1n) is 11.2. The van der Waals surface area contributed by atoms with Crippen LogP contribution in [0, 0.1) is 5.92 Å². The number of Topliss-reactive ketones (excluding diaryl/α,β-unsaturated/α-hetero) is 1. The maximum Gasteiger partial charge on any atom is 0.318 e. The fourth-order valence-electron chi connectivity index (χ4n) is 5.22. The van der Waals surface area contributed by atoms with Crippen LogP contribution in [0.2, 0.25) is 0 Å². The topological polar surface area (TPSA) is 88.2 Å². The zero-order chi connectivity index (χ0) is 20.2. The minimum atomic E-state index is -0.583. The highest BCUT2D eigenvalue weighted by Crippen LogP contribution is 2.30. The van der Waals surface area contributed by atoms with E-state index >= 15 is 0 Å². The number of carbonyl (C=O) groups excluding carboxylic acids is 3. The molecule has 3 atom stereocenters. The Morgan fingerprint density at radius 1 is 1.03 bits per heavy atom. The first-order chi connectivity index (χ1) is 14.1. The number of ether oxygens (including phenoxy) is 2. The fourth-order valence-corrected chi connectivity index (χ4v) is 5.22. The monoisotopic (exact) mass is 407 g/mol. The molecule has 8 heteroatoms. The first kappa shape index (κ1) is 20.6. The minimum absolute atomic E-state index is 0.0148. The molecule has 0 radical (unpaired) electrons. The standard InChI is InChI=1S/C21H33N3O5/c25-17-14-29-18-7-4-8-24(19(17)18)20(26)16(13-15-5-2-1-3-6-15)22-21(27)23-9-11-28-12-10-23/h15-16,18-19H,1-14H2,(H,22,27)/t16-,18-,19-/m0/s1. The molecule has 0 spiro atoms. The van der Waals surface area contributed by atoms with Crippen LogP contribution in [0.15, 0.2) is 0 Å². The lowest BCUT2D eigenvalue weighted by Crippen LogP contribution is -2.59. The van der Waals surface area contributed by atoms with Crippen molar-refractivity contribution >= 4 is 17.7 Å². The highest BCUT2D eigenvalue weighted by Gasteiger charge is 2.46. The van der Waals surface area contributed by atoms with Crippen molar-refractivity contribution in [2.75, 3.05) is 39.5 Å². The Balaban J connectivity index is 1.47. The summed E-state index contributed by atoms with van der Waals surface area (Å²) in [7, 11) is 0. The van der Waals surface area contributed by atoms with Crippen LogP contribution < -0.4 is 5.32 Å². The summed E-state index contributed by atoms with van der Waals surface area (Å²) in [5, 5.41) is 3.01. The van der Waals surface area contributed by atoms with Gasteiger partial charge in [0.25, 0.3) is 0 Å². The number of piperidine rings is 1. The molecular weight excluding hydrogens is 374 g/mol. The molecule has 29 heavy (non-hydrogen) atoms. The summed E-state index contributed by atoms with van der Waals surface area (Å²) >= 11 is 0. The number of nitrogens with zero attached hydrogens (tertiary/aromatic N) is 2. The molecular formula is C21H33N3O5. The van der Waals surface area contributed by atoms with Crippen LogP contribution in [-0.4, -0.2) is 85.2 Å². The van der Waals surface area contributed by atoms with Crippen LogP contribution in [0.1, 0.15) is 51.4 Å². The van der Waals surface area contributed by atoms with Gasteiger partial charge in [0.1, 0.15) is 18.7 Å². The predicted molar refractivity (Wildman–Crippen MR) is 105 cm³/mol. The summed E-state index contributed by atoms with van der Waals surface area (Å²) in [5.41, 5.74) is 0. The highest BCUT2D eigenvalue weighted by molar-refractivity contribution is 5.94. The van der Waals surface area contributed by atoms with Crippen LogP contribution in [-0.2, 0) is 19.1 Å². The van der Waals surface area contributed by atoms with Crippen molar-refractivity contribution < 1.29 is 23.9 Å². The average molecular weight is 408 g/mol. The van der Waals surface area contributed by atoms with Gasteiger partial charge in [-0.3, -0.25) is 9.59 Å². The van der Waals surface area contributed by atoms with Crippen LogP contribution in [0.25, 0.3) is 0 Å². The first-order valence-corrected chi connectivity index (χ1v) is 11.2. The number of ketones is 1. The quantitative estimate of drug-likeness (QED) is 0.760. The van der Waals surface area contributed by atoms with Gasteiger partial charge in [-0.15, -0.1) is 0 Å². The van der Waals surface area contributed by atoms with Gasteiger partial charge in [0.2, 0.25) is 5.91 Å². The van der Waals surface area contributed by atoms with E-state index in [1.807, 2.05) is 0 Å². The number of urea groups is 1. The molecule has 4 rings (SSSR count). The Kier molecular flexibility index (Phi) is 6.70. The van der Waals surface area contributed by atoms with Crippen LogP contribution in [0.3, 0.4) is 0 Å². The average Bonchev–Trinajstić information content (AvgIpc) is 3.15. The summed E-state index contributed by atoms with van der Waals surface area (Å²) in [6.45, 7) is 2.77. The Labute approximate surface area is 172 Å². The van der Waals surface area contributed by atoms with Crippen molar-refractivity contribution in [2.45, 2.75) is 69.6 Å². The molecule has 3 heterocycles. The van der Waals surface area contributed by atoms with Crippen molar-refractivity contribution in [3.05, 3.63) is 0 Å². The van der Waals surface area contributed by atoms with Crippen molar-refractivity contribution in [3.63, 3.8) is 0 Å². The molecule has 0 aromatic carbocycles. The summed E-state index contributed by atoms with van der Waals surface area (Å²) in [4.78, 5) is 42.1. The van der Waals surface area contributed by atoms with Gasteiger partial charge in [0, 0.05) is 19.6 Å². The lowest BCUT2D eigenvalue weighted by atomic mass is 9.84. The van der Waals surface area contributed by atoms with Crippen LogP contribution in [0.4, 0.5) is 4.79 Å². The van der Waals surface area contributed by atoms with E-state index < -0.39 is 12.1 Å². The van der Waals surface area contributed by atoms with Gasteiger partial charge in [-0.25, -0.2) is 4.79 Å². The molecule has 4 fully saturated rings. The molecule has 0 unspecified atom stereocenters. The lowest BCUT2D eigenvalue weighted by molar-refractivity contribution is -0.142.